The van der Waals surface area contributed by atoms with Gasteiger partial charge in [-0.1, -0.05) is 71.1 Å². The fourth-order valence-corrected chi connectivity index (χ4v) is 7.29. The maximum absolute atomic E-state index is 14.2. The van der Waals surface area contributed by atoms with E-state index in [0.717, 1.165) is 29.9 Å². The summed E-state index contributed by atoms with van der Waals surface area (Å²) in [7, 11) is -3.73. The van der Waals surface area contributed by atoms with E-state index in [4.69, 9.17) is 36.7 Å². The van der Waals surface area contributed by atoms with Crippen LogP contribution in [0, 0.1) is 0 Å². The second kappa shape index (κ2) is 24.4. The molecule has 288 valence electrons. The van der Waals surface area contributed by atoms with Crippen LogP contribution in [0.4, 0.5) is 0 Å². The lowest BCUT2D eigenvalue weighted by atomic mass is 10.1. The zero-order valence-corrected chi connectivity index (χ0v) is 30.6. The summed E-state index contributed by atoms with van der Waals surface area (Å²) in [6.45, 7) is 4.49. The molecule has 0 aromatic carbocycles. The van der Waals surface area contributed by atoms with Gasteiger partial charge in [0.15, 0.2) is 18.1 Å². The van der Waals surface area contributed by atoms with E-state index in [2.05, 4.69) is 26.8 Å². The Labute approximate surface area is 295 Å². The van der Waals surface area contributed by atoms with Crippen molar-refractivity contribution < 1.29 is 28.6 Å². The molecule has 18 heteroatoms. The molecule has 1 aromatic heterocycles. The highest BCUT2D eigenvalue weighted by molar-refractivity contribution is 7.53. The van der Waals surface area contributed by atoms with Crippen LogP contribution in [0.5, 0.6) is 0 Å². The Morgan fingerprint density at radius 3 is 1.96 bits per heavy atom. The maximum Gasteiger partial charge on any atom is 0.332 e. The molecule has 0 saturated carbocycles. The summed E-state index contributed by atoms with van der Waals surface area (Å²) in [5, 5.41) is 21.4. The Kier molecular flexibility index (Phi) is 21.2. The Bertz CT molecular complexity index is 1280. The second-order valence-electron chi connectivity index (χ2n) is 12.7. The zero-order chi connectivity index (χ0) is 36.8. The third-order valence-corrected chi connectivity index (χ3v) is 10.3. The second-order valence-corrected chi connectivity index (χ2v) is 14.9. The van der Waals surface area contributed by atoms with Crippen LogP contribution in [0.25, 0.3) is 0 Å². The van der Waals surface area contributed by atoms with E-state index in [0.29, 0.717) is 52.0 Å². The average molecular weight is 732 g/mol. The predicted octanol–water partition coefficient (Wildman–Crippen LogP) is 1.32. The number of nitrogens with two attached hydrogens (primary N) is 4. The first-order chi connectivity index (χ1) is 24.0. The molecule has 0 radical (unpaired) electrons. The summed E-state index contributed by atoms with van der Waals surface area (Å²) >= 11 is 0. The standard InChI is InChI=1S/C32H62N9O8P/c1-2-3-4-5-6-7-8-9-10-11-12-22-47-50(46,23-21-40(18-13-16-37-30(33)34)19-14-17-38-31(35)36)48-24-25-27(43)28(44)29(49-25)41-20-15-26(42)39-32(41)45/h15,20,25,27-29,43-44H,2-14,16-19,21-24H2,1H3,(H4,33,34,37)(H4,35,36,38)(H,39,42,45)/t25-,27-,28-,29-,50?/m1/s1. The molecule has 1 aliphatic heterocycles. The number of guanidine groups is 2. The molecule has 1 aromatic rings. The normalized spacial score (nSPS) is 20.2. The van der Waals surface area contributed by atoms with Crippen LogP contribution in [0.15, 0.2) is 31.8 Å². The topological polar surface area (TPSA) is 272 Å². The predicted molar refractivity (Wildman–Crippen MR) is 195 cm³/mol. The van der Waals surface area contributed by atoms with Gasteiger partial charge in [-0.3, -0.25) is 28.9 Å². The summed E-state index contributed by atoms with van der Waals surface area (Å²) in [5.41, 5.74) is 20.4. The van der Waals surface area contributed by atoms with Crippen molar-refractivity contribution in [2.75, 3.05) is 52.1 Å². The molecule has 0 aliphatic carbocycles. The molecule has 1 fully saturated rings. The van der Waals surface area contributed by atoms with E-state index in [1.54, 1.807) is 0 Å². The number of nitrogens with zero attached hydrogens (tertiary/aromatic N) is 4. The van der Waals surface area contributed by atoms with Gasteiger partial charge in [-0.2, -0.15) is 0 Å². The number of ether oxygens (including phenoxy) is 1. The number of aliphatic hydroxyl groups excluding tert-OH is 2. The van der Waals surface area contributed by atoms with Crippen LogP contribution in [0.2, 0.25) is 0 Å². The highest BCUT2D eigenvalue weighted by Gasteiger charge is 2.45. The van der Waals surface area contributed by atoms with Crippen molar-refractivity contribution in [3.05, 3.63) is 33.1 Å². The van der Waals surface area contributed by atoms with Gasteiger partial charge >= 0.3 is 13.3 Å². The quantitative estimate of drug-likeness (QED) is 0.0278. The van der Waals surface area contributed by atoms with Crippen molar-refractivity contribution in [2.24, 2.45) is 32.9 Å². The minimum atomic E-state index is -3.73. The van der Waals surface area contributed by atoms with Gasteiger partial charge in [0.05, 0.1) is 19.4 Å². The molecule has 5 atom stereocenters. The molecule has 2 heterocycles. The summed E-state index contributed by atoms with van der Waals surface area (Å²) in [6, 6.07) is 1.10. The largest absolute Gasteiger partial charge is 0.387 e. The number of hydrogen-bond donors (Lipinski definition) is 7. The molecule has 17 nitrogen and oxygen atoms in total. The highest BCUT2D eigenvalue weighted by atomic mass is 31.2. The Morgan fingerprint density at radius 1 is 0.860 bits per heavy atom. The first-order valence-corrected chi connectivity index (χ1v) is 19.7. The molecule has 50 heavy (non-hydrogen) atoms. The number of hydrogen-bond acceptors (Lipinski definition) is 11. The Morgan fingerprint density at radius 2 is 1.42 bits per heavy atom. The van der Waals surface area contributed by atoms with Gasteiger partial charge < -0.3 is 51.8 Å². The first kappa shape index (κ1) is 43.4. The monoisotopic (exact) mass is 731 g/mol. The SMILES string of the molecule is CCCCCCCCCCCCCOP(=O)(CCN(CCCN=C(N)N)CCCN=C(N)N)OC[C@H]1O[C@@H](n2ccc(=O)[nH]c2=O)[C@H](O)[C@@H]1O. The Balaban J connectivity index is 2.01. The van der Waals surface area contributed by atoms with Gasteiger partial charge in [0.25, 0.3) is 5.56 Å². The van der Waals surface area contributed by atoms with Crippen molar-refractivity contribution in [2.45, 2.75) is 115 Å². The number of aliphatic imine (C=N–C) groups is 2. The molecule has 11 N–H and O–H groups in total. The van der Waals surface area contributed by atoms with Gasteiger partial charge in [-0.25, -0.2) is 4.79 Å². The third kappa shape index (κ3) is 17.4. The summed E-state index contributed by atoms with van der Waals surface area (Å²) in [6.07, 6.45) is 9.90. The highest BCUT2D eigenvalue weighted by Crippen LogP contribution is 2.49. The van der Waals surface area contributed by atoms with E-state index < -0.39 is 43.4 Å². The van der Waals surface area contributed by atoms with E-state index in [1.165, 1.54) is 51.1 Å². The van der Waals surface area contributed by atoms with Crippen LogP contribution in [-0.4, -0.2) is 107 Å². The average Bonchev–Trinajstić information content (AvgIpc) is 3.35. The lowest BCUT2D eigenvalue weighted by molar-refractivity contribution is -0.0531. The number of rotatable bonds is 28. The fourth-order valence-electron chi connectivity index (χ4n) is 5.65. The number of aromatic nitrogens is 2. The van der Waals surface area contributed by atoms with E-state index in [9.17, 15) is 24.4 Å². The summed E-state index contributed by atoms with van der Waals surface area (Å²) in [4.78, 5) is 36.0. The van der Waals surface area contributed by atoms with Crippen molar-refractivity contribution in [1.82, 2.24) is 14.5 Å². The summed E-state index contributed by atoms with van der Waals surface area (Å²) < 4.78 is 32.7. The Hall–Kier alpha value is -2.79. The molecular weight excluding hydrogens is 669 g/mol. The zero-order valence-electron chi connectivity index (χ0n) is 29.7. The molecule has 1 unspecified atom stereocenters. The van der Waals surface area contributed by atoms with Gasteiger partial charge in [-0.05, 0) is 32.4 Å². The minimum Gasteiger partial charge on any atom is -0.387 e. The first-order valence-electron chi connectivity index (χ1n) is 18.0. The van der Waals surface area contributed by atoms with Crippen LogP contribution < -0.4 is 34.2 Å². The number of aromatic amines is 1. The fraction of sp³-hybridized carbons (Fsp3) is 0.812. The maximum atomic E-state index is 14.2. The van der Waals surface area contributed by atoms with E-state index in [-0.39, 0.29) is 31.3 Å². The van der Waals surface area contributed by atoms with Crippen LogP contribution in [0.3, 0.4) is 0 Å². The van der Waals surface area contributed by atoms with Gasteiger partial charge in [0.1, 0.15) is 18.3 Å². The van der Waals surface area contributed by atoms with Gasteiger partial charge in [-0.15, -0.1) is 0 Å². The lowest BCUT2D eigenvalue weighted by Crippen LogP contribution is -2.37. The number of unbranched alkanes of at least 4 members (excludes halogenated alkanes) is 10. The number of nitrogens with one attached hydrogen (secondary N) is 1. The minimum absolute atomic E-state index is 0.00659. The van der Waals surface area contributed by atoms with Crippen LogP contribution in [0.1, 0.15) is 96.6 Å². The lowest BCUT2D eigenvalue weighted by Gasteiger charge is -2.26. The molecule has 1 aliphatic rings. The summed E-state index contributed by atoms with van der Waals surface area (Å²) in [5.74, 6) is 0.0132. The van der Waals surface area contributed by atoms with Gasteiger partial charge in [0.2, 0.25) is 0 Å². The van der Waals surface area contributed by atoms with E-state index in [1.807, 2.05) is 0 Å². The van der Waals surface area contributed by atoms with Crippen molar-refractivity contribution in [1.29, 1.82) is 0 Å². The molecule has 0 amide bonds. The number of H-pyrrole nitrogens is 1. The molecule has 2 rings (SSSR count). The smallest absolute Gasteiger partial charge is 0.332 e. The van der Waals surface area contributed by atoms with E-state index >= 15 is 0 Å². The van der Waals surface area contributed by atoms with Crippen LogP contribution in [-0.2, 0) is 18.3 Å². The number of aliphatic hydroxyl groups is 2. The molecule has 1 saturated heterocycles. The third-order valence-electron chi connectivity index (χ3n) is 8.48. The van der Waals surface area contributed by atoms with Crippen molar-refractivity contribution >= 4 is 19.5 Å². The van der Waals surface area contributed by atoms with Gasteiger partial charge in [0, 0.05) is 31.9 Å². The van der Waals surface area contributed by atoms with Crippen molar-refractivity contribution in [3.8, 4) is 0 Å². The van der Waals surface area contributed by atoms with Crippen molar-refractivity contribution in [3.63, 3.8) is 0 Å². The molecule has 0 spiro atoms. The van der Waals surface area contributed by atoms with Crippen LogP contribution >= 0.6 is 7.60 Å². The molecular formula is C32H62N9O8P. The molecule has 0 bridgehead atoms.